The van der Waals surface area contributed by atoms with Crippen LogP contribution in [-0.2, 0) is 59.2 Å². The number of benzene rings is 2. The van der Waals surface area contributed by atoms with E-state index in [2.05, 4.69) is 24.5 Å². The van der Waals surface area contributed by atoms with Gasteiger partial charge in [-0.25, -0.2) is 4.79 Å². The van der Waals surface area contributed by atoms with Crippen molar-refractivity contribution in [2.45, 2.75) is 195 Å². The molecule has 2 aliphatic rings. The third-order valence-corrected chi connectivity index (χ3v) is 18.8. The van der Waals surface area contributed by atoms with Crippen molar-refractivity contribution in [1.82, 2.24) is 24.9 Å². The lowest BCUT2D eigenvalue weighted by atomic mass is 9.82. The van der Waals surface area contributed by atoms with E-state index in [4.69, 9.17) is 14.2 Å². The number of methoxy groups -OCH3 is 2. The van der Waals surface area contributed by atoms with Crippen LogP contribution in [0.4, 0.5) is 10.5 Å². The average Bonchev–Trinajstić information content (AvgIpc) is 2.73. The van der Waals surface area contributed by atoms with Gasteiger partial charge in [-0.2, -0.15) is 11.8 Å². The second-order valence-electron chi connectivity index (χ2n) is 25.5. The number of nitrogens with zero attached hydrogens (tertiary/aromatic N) is 4. The number of ketones is 3. The van der Waals surface area contributed by atoms with Crippen LogP contribution in [0.15, 0.2) is 54.6 Å². The number of Topliss-reactive ketones (excluding diaryl/α,β-unsaturated/α-hetero) is 3. The van der Waals surface area contributed by atoms with Crippen LogP contribution in [0.5, 0.6) is 0 Å². The van der Waals surface area contributed by atoms with Crippen molar-refractivity contribution in [2.75, 3.05) is 66.6 Å². The molecule has 88 heavy (non-hydrogen) atoms. The van der Waals surface area contributed by atoms with Gasteiger partial charge in [0, 0.05) is 97.6 Å². The van der Waals surface area contributed by atoms with E-state index < -0.39 is 42.3 Å². The lowest BCUT2D eigenvalue weighted by Gasteiger charge is -2.41. The fourth-order valence-corrected chi connectivity index (χ4v) is 12.2. The molecule has 0 aromatic heterocycles. The molecule has 0 aliphatic carbocycles. The van der Waals surface area contributed by atoms with Crippen LogP contribution >= 0.6 is 11.8 Å². The maximum absolute atomic E-state index is 14.1. The lowest BCUT2D eigenvalue weighted by molar-refractivity contribution is -0.149. The van der Waals surface area contributed by atoms with Gasteiger partial charge in [-0.1, -0.05) is 131 Å². The van der Waals surface area contributed by atoms with Gasteiger partial charge in [0.05, 0.1) is 54.7 Å². The summed E-state index contributed by atoms with van der Waals surface area (Å²) in [6.45, 7) is 22.8. The number of nitrogens with one attached hydrogen (secondary N) is 2. The highest BCUT2D eigenvalue weighted by molar-refractivity contribution is 8.00. The van der Waals surface area contributed by atoms with Crippen LogP contribution < -0.4 is 10.6 Å². The zero-order valence-electron chi connectivity index (χ0n) is 56.0. The quantitative estimate of drug-likeness (QED) is 0.0425. The monoisotopic (exact) mass is 1250 g/mol. The van der Waals surface area contributed by atoms with Crippen molar-refractivity contribution in [3.8, 4) is 0 Å². The predicted octanol–water partition coefficient (Wildman–Crippen LogP) is 9.82. The number of unbranched alkanes of at least 4 members (excludes halogenated alkanes) is 2. The summed E-state index contributed by atoms with van der Waals surface area (Å²) in [6, 6.07) is 15.3. The third kappa shape index (κ3) is 23.0. The summed E-state index contributed by atoms with van der Waals surface area (Å²) in [5.41, 5.74) is 2.35. The van der Waals surface area contributed by atoms with Crippen molar-refractivity contribution >= 4 is 70.4 Å². The molecule has 2 aromatic carbocycles. The first-order valence-electron chi connectivity index (χ1n) is 31.8. The molecule has 6 amide bonds. The molecule has 2 heterocycles. The van der Waals surface area contributed by atoms with Crippen molar-refractivity contribution in [3.05, 3.63) is 65.7 Å². The Kier molecular flexibility index (Phi) is 33.1. The summed E-state index contributed by atoms with van der Waals surface area (Å²) in [5, 5.41) is 16.5. The molecule has 19 nitrogen and oxygen atoms in total. The Morgan fingerprint density at radius 2 is 1.39 bits per heavy atom. The largest absolute Gasteiger partial charge is 0.445 e. The molecule has 3 N–H and O–H groups in total. The smallest absolute Gasteiger partial charge is 0.409 e. The van der Waals surface area contributed by atoms with E-state index >= 15 is 0 Å². The number of rotatable bonds is 36. The number of aliphatic hydroxyl groups excluding tert-OH is 1. The summed E-state index contributed by atoms with van der Waals surface area (Å²) < 4.78 is 17.1. The number of hydrogen-bond acceptors (Lipinski definition) is 15. The van der Waals surface area contributed by atoms with E-state index in [1.165, 1.54) is 21.6 Å². The molecule has 2 fully saturated rings. The molecule has 4 rings (SSSR count). The van der Waals surface area contributed by atoms with E-state index in [9.17, 15) is 48.3 Å². The summed E-state index contributed by atoms with van der Waals surface area (Å²) in [7, 11) is 8.19. The highest BCUT2D eigenvalue weighted by atomic mass is 32.2. The zero-order chi connectivity index (χ0) is 66.1. The van der Waals surface area contributed by atoms with Gasteiger partial charge in [0.2, 0.25) is 29.5 Å². The van der Waals surface area contributed by atoms with Crippen molar-refractivity contribution in [3.63, 3.8) is 0 Å². The predicted molar refractivity (Wildman–Crippen MR) is 346 cm³/mol. The van der Waals surface area contributed by atoms with Gasteiger partial charge < -0.3 is 44.7 Å². The van der Waals surface area contributed by atoms with E-state index in [0.29, 0.717) is 38.8 Å². The van der Waals surface area contributed by atoms with Gasteiger partial charge in [-0.15, -0.1) is 0 Å². The minimum atomic E-state index is -0.757. The number of anilines is 1. The van der Waals surface area contributed by atoms with E-state index in [0.717, 1.165) is 29.7 Å². The van der Waals surface area contributed by atoms with Gasteiger partial charge in [-0.3, -0.25) is 43.3 Å². The molecule has 2 aromatic rings. The normalized spacial score (nSPS) is 18.5. The van der Waals surface area contributed by atoms with Gasteiger partial charge in [0.25, 0.3) is 0 Å². The first kappa shape index (κ1) is 76.5. The highest BCUT2D eigenvalue weighted by Crippen LogP contribution is 2.33. The highest BCUT2D eigenvalue weighted by Gasteiger charge is 2.44. The van der Waals surface area contributed by atoms with Crippen LogP contribution in [0.1, 0.15) is 164 Å². The molecule has 2 saturated heterocycles. The Hall–Kier alpha value is -5.70. The summed E-state index contributed by atoms with van der Waals surface area (Å²) in [5.74, 6) is -1.87. The molecule has 494 valence electrons. The van der Waals surface area contributed by atoms with Crippen LogP contribution in [0.3, 0.4) is 0 Å². The Balaban J connectivity index is 0.000000477. The number of aliphatic hydroxyl groups is 1. The van der Waals surface area contributed by atoms with Crippen LogP contribution in [0.25, 0.3) is 0 Å². The minimum absolute atomic E-state index is 0.00801. The van der Waals surface area contributed by atoms with Crippen LogP contribution in [-0.4, -0.2) is 175 Å². The molecule has 20 heteroatoms. The molecule has 0 spiro atoms. The Morgan fingerprint density at radius 3 is 1.93 bits per heavy atom. The topological polar surface area (TPSA) is 239 Å². The maximum atomic E-state index is 14.1. The first-order valence-corrected chi connectivity index (χ1v) is 33.1. The first-order chi connectivity index (χ1) is 41.5. The number of amides is 6. The molecule has 1 unspecified atom stereocenters. The average molecular weight is 1250 g/mol. The molecule has 12 atom stereocenters. The molecule has 0 radical (unpaired) electrons. The van der Waals surface area contributed by atoms with E-state index in [1.54, 1.807) is 52.4 Å². The standard InChI is InChI=1S/C41H68N2O7.C27H40N4O6S/c1-13-27(6)38(42(10)41(48)32(26(4)5)23-35(45)29(8)25(2)3)36(49-11)24-37(46)43-21-17-20-33(43)40(50-12)30(9)34(44)22-28(7)39(47)31-18-15-14-16-19-31;1-18(2)25(21(32)16-28-20-12-10-19(11-13-20)17-37-27(36)30(3)4)29-23(33)9-7-6-8-14-31-24(34)15-22(38-5)26(31)35/h14-16,18-19,25-30,32-33,36,38-40,47H,13,17,20-24H2,1-12H3;10-13,18,22,25,28H,6-9,14-17H2,1-5H3,(H,29,33)/t27-,28-,29-,30-,32-,33-,36+,38-,39+,40+;22?,25-/m00/s1. The van der Waals surface area contributed by atoms with Gasteiger partial charge in [-0.05, 0) is 84.8 Å². The second-order valence-corrected chi connectivity index (χ2v) is 26.6. The zero-order valence-corrected chi connectivity index (χ0v) is 56.8. The number of imide groups is 1. The Morgan fingerprint density at radius 1 is 0.750 bits per heavy atom. The molecular weight excluding hydrogens is 1140 g/mol. The maximum Gasteiger partial charge on any atom is 0.409 e. The minimum Gasteiger partial charge on any atom is -0.445 e. The van der Waals surface area contributed by atoms with Crippen LogP contribution in [0, 0.1) is 47.3 Å². The van der Waals surface area contributed by atoms with E-state index in [1.807, 2.05) is 116 Å². The molecule has 0 saturated carbocycles. The number of hydrogen-bond donors (Lipinski definition) is 3. The number of thioether (sulfide) groups is 1. The number of carbonyl (C=O) groups excluding carboxylic acids is 9. The van der Waals surface area contributed by atoms with Crippen LogP contribution in [0.2, 0.25) is 0 Å². The van der Waals surface area contributed by atoms with Crippen molar-refractivity contribution in [2.24, 2.45) is 47.3 Å². The fraction of sp³-hybridized carbons (Fsp3) is 0.691. The summed E-state index contributed by atoms with van der Waals surface area (Å²) in [6.07, 6.45) is 4.86. The third-order valence-electron chi connectivity index (χ3n) is 17.9. The second kappa shape index (κ2) is 38.1. The number of carbonyl (C=O) groups is 9. The fourth-order valence-electron chi connectivity index (χ4n) is 11.5. The van der Waals surface area contributed by atoms with Gasteiger partial charge in [0.1, 0.15) is 18.2 Å². The summed E-state index contributed by atoms with van der Waals surface area (Å²) >= 11 is 1.40. The SMILES string of the molecule is CC[C@H](C)[C@@H]([C@@H](CC(=O)N1CCC[C@H]1[C@H](OC)[C@@H](C)C(=O)C[C@H](C)[C@@H](O)c1ccccc1)OC)N(C)C(=O)[C@@H](CC(=O)[C@@H](C)C(C)C)C(C)C.CSC1CC(=O)N(CCCCCC(=O)N[C@H](C(=O)CNc2ccc(COC(=O)N(C)C)cc2)C(C)C)C1=O. The number of ether oxygens (including phenoxy) is 3. The lowest BCUT2D eigenvalue weighted by Crippen LogP contribution is -2.54. The molecule has 2 aliphatic heterocycles. The van der Waals surface area contributed by atoms with Gasteiger partial charge >= 0.3 is 6.09 Å². The van der Waals surface area contributed by atoms with Crippen molar-refractivity contribution < 1.29 is 62.5 Å². The summed E-state index contributed by atoms with van der Waals surface area (Å²) in [4.78, 5) is 122. The number of likely N-dealkylation sites (N-methyl/N-ethyl adjacent to an activating group) is 1. The number of likely N-dealkylation sites (tertiary alicyclic amines) is 2. The van der Waals surface area contributed by atoms with Gasteiger partial charge in [0.15, 0.2) is 5.78 Å². The van der Waals surface area contributed by atoms with Crippen molar-refractivity contribution in [1.29, 1.82) is 0 Å². The molecule has 0 bridgehead atoms. The Labute approximate surface area is 530 Å². The Bertz CT molecular complexity index is 2550. The van der Waals surface area contributed by atoms with E-state index in [-0.39, 0.29) is 145 Å². The molecular formula is C68H108N6O13S.